The Hall–Kier alpha value is -3.77. The minimum Gasteiger partial charge on any atom is -0.481 e. The van der Waals surface area contributed by atoms with E-state index < -0.39 is 11.9 Å². The lowest BCUT2D eigenvalue weighted by molar-refractivity contribution is -0.366. The number of nitrogens with zero attached hydrogens (tertiary/aromatic N) is 2. The minimum atomic E-state index is -0.973. The molecule has 0 fully saturated rings. The number of H-pyrrole nitrogens is 1. The van der Waals surface area contributed by atoms with Gasteiger partial charge in [-0.15, -0.1) is 0 Å². The number of carbonyl (C=O) groups is 2. The van der Waals surface area contributed by atoms with Gasteiger partial charge in [-0.05, 0) is 55.0 Å². The summed E-state index contributed by atoms with van der Waals surface area (Å²) >= 11 is 1.18. The highest BCUT2D eigenvalue weighted by molar-refractivity contribution is 7.13. The molecule has 0 saturated carbocycles. The van der Waals surface area contributed by atoms with E-state index in [0.29, 0.717) is 22.9 Å². The number of fused-ring (bicyclic) bond motifs is 1. The third-order valence-electron chi connectivity index (χ3n) is 5.93. The Morgan fingerprint density at radius 3 is 2.59 bits per heavy atom. The van der Waals surface area contributed by atoms with E-state index in [1.165, 1.54) is 11.3 Å². The van der Waals surface area contributed by atoms with Crippen LogP contribution in [0.4, 0.5) is 5.13 Å². The van der Waals surface area contributed by atoms with Crippen LogP contribution in [0.2, 0.25) is 0 Å². The van der Waals surface area contributed by atoms with Crippen molar-refractivity contribution in [1.82, 2.24) is 4.57 Å². The fraction of sp³-hybridized carbons (Fsp3) is 0.320. The van der Waals surface area contributed by atoms with Gasteiger partial charge in [-0.1, -0.05) is 36.3 Å². The molecule has 0 spiro atoms. The SMILES string of the molecule is N#Cc1ccc(Cn2c3c(cc(C(=O)Nc4[nH+]c(CC(=O)O)cs4)c2=O)CCCCCC3)cc1. The molecule has 9 heteroatoms. The summed E-state index contributed by atoms with van der Waals surface area (Å²) in [6.07, 6.45) is 5.62. The lowest BCUT2D eigenvalue weighted by atomic mass is 9.95. The summed E-state index contributed by atoms with van der Waals surface area (Å²) in [6, 6.07) is 10.9. The van der Waals surface area contributed by atoms with Crippen LogP contribution in [0, 0.1) is 11.3 Å². The third kappa shape index (κ3) is 5.41. The summed E-state index contributed by atoms with van der Waals surface area (Å²) in [5, 5.41) is 22.7. The van der Waals surface area contributed by atoms with Gasteiger partial charge in [0.25, 0.3) is 5.56 Å². The van der Waals surface area contributed by atoms with E-state index in [0.717, 1.165) is 55.3 Å². The molecule has 174 valence electrons. The van der Waals surface area contributed by atoms with E-state index in [2.05, 4.69) is 16.4 Å². The number of nitriles is 1. The molecule has 1 aliphatic rings. The first-order chi connectivity index (χ1) is 16.4. The number of amides is 1. The molecule has 0 saturated heterocycles. The summed E-state index contributed by atoms with van der Waals surface area (Å²) < 4.78 is 1.70. The topological polar surface area (TPSA) is 126 Å². The molecule has 8 nitrogen and oxygen atoms in total. The number of benzene rings is 1. The molecule has 1 aromatic carbocycles. The molecular weight excluding hydrogens is 452 g/mol. The fourth-order valence-electron chi connectivity index (χ4n) is 4.25. The maximum Gasteiger partial charge on any atom is 0.345 e. The van der Waals surface area contributed by atoms with Gasteiger partial charge < -0.3 is 9.67 Å². The number of aromatic amines is 1. The van der Waals surface area contributed by atoms with Gasteiger partial charge in [-0.25, -0.2) is 9.78 Å². The number of hydrogen-bond acceptors (Lipinski definition) is 5. The van der Waals surface area contributed by atoms with Crippen molar-refractivity contribution in [1.29, 1.82) is 5.26 Å². The fourth-order valence-corrected chi connectivity index (χ4v) is 4.99. The first-order valence-electron chi connectivity index (χ1n) is 11.2. The Kier molecular flexibility index (Phi) is 7.18. The number of rotatable bonds is 6. The van der Waals surface area contributed by atoms with Crippen molar-refractivity contribution >= 4 is 28.3 Å². The summed E-state index contributed by atoms with van der Waals surface area (Å²) in [7, 11) is 0. The monoisotopic (exact) mass is 477 g/mol. The largest absolute Gasteiger partial charge is 0.481 e. The second-order valence-corrected chi connectivity index (χ2v) is 9.26. The zero-order valence-corrected chi connectivity index (χ0v) is 19.4. The maximum atomic E-state index is 13.5. The molecule has 3 N–H and O–H groups in total. The normalized spacial score (nSPS) is 13.3. The number of aromatic nitrogens is 2. The number of nitrogens with one attached hydrogen (secondary N) is 2. The summed E-state index contributed by atoms with van der Waals surface area (Å²) in [4.78, 5) is 40.4. The zero-order valence-electron chi connectivity index (χ0n) is 18.6. The number of aryl methyl sites for hydroxylation is 1. The predicted molar refractivity (Wildman–Crippen MR) is 127 cm³/mol. The molecule has 2 aromatic heterocycles. The lowest BCUT2D eigenvalue weighted by Gasteiger charge is -2.20. The van der Waals surface area contributed by atoms with Crippen molar-refractivity contribution in [2.24, 2.45) is 0 Å². The van der Waals surface area contributed by atoms with Gasteiger partial charge in [0.15, 0.2) is 0 Å². The quantitative estimate of drug-likeness (QED) is 0.564. The van der Waals surface area contributed by atoms with Crippen LogP contribution in [0.3, 0.4) is 0 Å². The Morgan fingerprint density at radius 2 is 1.88 bits per heavy atom. The molecule has 0 aliphatic heterocycles. The maximum absolute atomic E-state index is 13.5. The van der Waals surface area contributed by atoms with E-state index in [9.17, 15) is 14.4 Å². The summed E-state index contributed by atoms with van der Waals surface area (Å²) in [5.74, 6) is -1.50. The van der Waals surface area contributed by atoms with E-state index in [-0.39, 0.29) is 17.5 Å². The number of carboxylic acid groups (broad SMARTS) is 1. The molecule has 1 aliphatic carbocycles. The number of pyridine rings is 1. The van der Waals surface area contributed by atoms with Gasteiger partial charge in [0.1, 0.15) is 17.7 Å². The average Bonchev–Trinajstić information content (AvgIpc) is 3.22. The van der Waals surface area contributed by atoms with Crippen LogP contribution in [0.5, 0.6) is 0 Å². The van der Waals surface area contributed by atoms with Gasteiger partial charge >= 0.3 is 17.0 Å². The Labute approximate surface area is 200 Å². The van der Waals surface area contributed by atoms with Crippen molar-refractivity contribution in [2.45, 2.75) is 51.5 Å². The van der Waals surface area contributed by atoms with Gasteiger partial charge in [0.2, 0.25) is 0 Å². The minimum absolute atomic E-state index is 0.0644. The van der Waals surface area contributed by atoms with E-state index in [1.54, 1.807) is 28.1 Å². The Bertz CT molecular complexity index is 1320. The highest BCUT2D eigenvalue weighted by Gasteiger charge is 2.24. The van der Waals surface area contributed by atoms with Crippen LogP contribution in [-0.2, 0) is 30.6 Å². The van der Waals surface area contributed by atoms with Gasteiger partial charge in [-0.2, -0.15) is 10.6 Å². The van der Waals surface area contributed by atoms with Crippen molar-refractivity contribution in [3.8, 4) is 6.07 Å². The molecule has 2 heterocycles. The third-order valence-corrected chi connectivity index (χ3v) is 6.77. The van der Waals surface area contributed by atoms with Gasteiger partial charge in [-0.3, -0.25) is 9.59 Å². The molecule has 0 atom stereocenters. The average molecular weight is 478 g/mol. The smallest absolute Gasteiger partial charge is 0.345 e. The van der Waals surface area contributed by atoms with E-state index >= 15 is 0 Å². The van der Waals surface area contributed by atoms with Crippen LogP contribution >= 0.6 is 11.3 Å². The Morgan fingerprint density at radius 1 is 1.15 bits per heavy atom. The first kappa shape index (κ1) is 23.4. The van der Waals surface area contributed by atoms with Crippen LogP contribution in [0.25, 0.3) is 0 Å². The first-order valence-corrected chi connectivity index (χ1v) is 12.1. The summed E-state index contributed by atoms with van der Waals surface area (Å²) in [5.41, 5.74) is 3.60. The highest BCUT2D eigenvalue weighted by atomic mass is 32.1. The summed E-state index contributed by atoms with van der Waals surface area (Å²) in [6.45, 7) is 0.321. The number of carbonyl (C=O) groups excluding carboxylic acids is 1. The van der Waals surface area contributed by atoms with Crippen LogP contribution in [-0.4, -0.2) is 21.6 Å². The molecule has 34 heavy (non-hydrogen) atoms. The molecule has 0 radical (unpaired) electrons. The standard InChI is InChI=1S/C25H24N4O4S/c26-13-16-7-9-17(10-8-16)14-29-21-6-4-2-1-3-5-18(21)11-20(24(29)33)23(32)28-25-27-19(15-34-25)12-22(30)31/h7-11,15H,1-6,12,14H2,(H,30,31)(H,27,28,32)/p+1. The number of thiazole rings is 1. The molecule has 4 rings (SSSR count). The Balaban J connectivity index is 1.69. The highest BCUT2D eigenvalue weighted by Crippen LogP contribution is 2.22. The van der Waals surface area contributed by atoms with Gasteiger partial charge in [0.05, 0.1) is 18.2 Å². The molecule has 0 unspecified atom stereocenters. The lowest BCUT2D eigenvalue weighted by Crippen LogP contribution is -2.33. The van der Waals surface area contributed by atoms with Crippen molar-refractivity contribution in [2.75, 3.05) is 5.32 Å². The second kappa shape index (κ2) is 10.4. The van der Waals surface area contributed by atoms with Crippen molar-refractivity contribution < 1.29 is 19.7 Å². The molecule has 3 aromatic rings. The van der Waals surface area contributed by atoms with Crippen LogP contribution < -0.4 is 15.9 Å². The molecule has 1 amide bonds. The number of anilines is 1. The van der Waals surface area contributed by atoms with E-state index in [1.807, 2.05) is 12.1 Å². The predicted octanol–water partition coefficient (Wildman–Crippen LogP) is 3.18. The van der Waals surface area contributed by atoms with E-state index in [4.69, 9.17) is 10.4 Å². The van der Waals surface area contributed by atoms with Crippen molar-refractivity contribution in [3.05, 3.63) is 79.7 Å². The molecule has 0 bridgehead atoms. The second-order valence-electron chi connectivity index (χ2n) is 8.38. The number of carboxylic acids is 1. The molecular formula is C25H25N4O4S+. The van der Waals surface area contributed by atoms with Crippen LogP contribution in [0.1, 0.15) is 64.1 Å². The van der Waals surface area contributed by atoms with Crippen molar-refractivity contribution in [3.63, 3.8) is 0 Å². The van der Waals surface area contributed by atoms with Gasteiger partial charge in [0, 0.05) is 11.1 Å². The van der Waals surface area contributed by atoms with Crippen LogP contribution in [0.15, 0.2) is 40.5 Å². The zero-order chi connectivity index (χ0) is 24.1. The number of hydrogen-bond donors (Lipinski definition) is 2. The number of aliphatic carboxylic acids is 1.